The van der Waals surface area contributed by atoms with Gasteiger partial charge in [0.2, 0.25) is 0 Å². The van der Waals surface area contributed by atoms with E-state index in [1.807, 2.05) is 67.6 Å². The molecule has 0 aliphatic rings. The summed E-state index contributed by atoms with van der Waals surface area (Å²) in [6.07, 6.45) is 1.90. The molecule has 4 rings (SSSR count). The van der Waals surface area contributed by atoms with Gasteiger partial charge >= 0.3 is 0 Å². The fraction of sp³-hybridized carbons (Fsp3) is 0.148. The predicted molar refractivity (Wildman–Crippen MR) is 128 cm³/mol. The van der Waals surface area contributed by atoms with Crippen LogP contribution < -0.4 is 10.6 Å². The van der Waals surface area contributed by atoms with Crippen molar-refractivity contribution in [3.63, 3.8) is 0 Å². The predicted octanol–water partition coefficient (Wildman–Crippen LogP) is 5.45. The number of furan rings is 1. The van der Waals surface area contributed by atoms with Gasteiger partial charge in [-0.15, -0.1) is 0 Å². The third-order valence-electron chi connectivity index (χ3n) is 5.37. The van der Waals surface area contributed by atoms with Crippen LogP contribution >= 0.6 is 0 Å². The number of benzene rings is 3. The maximum Gasteiger partial charge on any atom is 0.291 e. The molecule has 0 saturated carbocycles. The first-order chi connectivity index (χ1) is 16.0. The molecule has 0 fully saturated rings. The Kier molecular flexibility index (Phi) is 6.64. The molecule has 1 heterocycles. The van der Waals surface area contributed by atoms with E-state index in [-0.39, 0.29) is 23.6 Å². The molecule has 0 bridgehead atoms. The molecule has 0 radical (unpaired) electrons. The van der Waals surface area contributed by atoms with Gasteiger partial charge in [0, 0.05) is 29.1 Å². The number of para-hydroxylation sites is 1. The van der Waals surface area contributed by atoms with Crippen LogP contribution in [0.5, 0.6) is 0 Å². The zero-order valence-electron chi connectivity index (χ0n) is 18.2. The van der Waals surface area contributed by atoms with E-state index in [2.05, 4.69) is 10.6 Å². The molecule has 0 unspecified atom stereocenters. The molecule has 0 spiro atoms. The second kappa shape index (κ2) is 9.96. The van der Waals surface area contributed by atoms with Crippen molar-refractivity contribution in [3.8, 4) is 11.1 Å². The van der Waals surface area contributed by atoms with Crippen molar-refractivity contribution in [3.05, 3.63) is 90.2 Å². The Morgan fingerprint density at radius 2 is 1.58 bits per heavy atom. The zero-order valence-corrected chi connectivity index (χ0v) is 18.2. The first kappa shape index (κ1) is 22.0. The molecular weight excluding hydrogens is 416 g/mol. The van der Waals surface area contributed by atoms with Crippen LogP contribution in [0.1, 0.15) is 40.7 Å². The second-order valence-corrected chi connectivity index (χ2v) is 7.88. The lowest BCUT2D eigenvalue weighted by atomic mass is 10.0. The standard InChI is InChI=1S/C27H24N2O4/c1-18(5-4-16-30)28-26(31)21-10-8-19(9-11-21)20-12-14-23(15-13-20)29-27(32)25-17-22-6-2-3-7-24(22)33-25/h2-3,6-18H,4-5H2,1H3,(H,28,31)(H,29,32)/t18-/m1/s1. The van der Waals surface area contributed by atoms with E-state index in [4.69, 9.17) is 4.42 Å². The Balaban J connectivity index is 1.39. The largest absolute Gasteiger partial charge is 0.451 e. The molecule has 6 nitrogen and oxygen atoms in total. The van der Waals surface area contributed by atoms with E-state index >= 15 is 0 Å². The average molecular weight is 440 g/mol. The van der Waals surface area contributed by atoms with Crippen LogP contribution in [-0.2, 0) is 4.79 Å². The number of hydrogen-bond acceptors (Lipinski definition) is 4. The number of carbonyl (C=O) groups is 3. The molecule has 2 amide bonds. The molecule has 1 aromatic heterocycles. The molecule has 4 aromatic rings. The molecule has 3 aromatic carbocycles. The van der Waals surface area contributed by atoms with Gasteiger partial charge in [0.1, 0.15) is 11.9 Å². The number of carbonyl (C=O) groups excluding carboxylic acids is 3. The molecule has 2 N–H and O–H groups in total. The summed E-state index contributed by atoms with van der Waals surface area (Å²) in [5.74, 6) is -0.213. The van der Waals surface area contributed by atoms with Gasteiger partial charge in [-0.3, -0.25) is 9.59 Å². The average Bonchev–Trinajstić information content (AvgIpc) is 3.28. The van der Waals surface area contributed by atoms with E-state index < -0.39 is 0 Å². The highest BCUT2D eigenvalue weighted by molar-refractivity contribution is 6.04. The Labute approximate surface area is 191 Å². The summed E-state index contributed by atoms with van der Waals surface area (Å²) in [5, 5.41) is 6.62. The summed E-state index contributed by atoms with van der Waals surface area (Å²) >= 11 is 0. The maximum atomic E-state index is 12.5. The third kappa shape index (κ3) is 5.36. The summed E-state index contributed by atoms with van der Waals surface area (Å²) in [5.41, 5.74) is 3.81. The minimum absolute atomic E-state index is 0.0651. The topological polar surface area (TPSA) is 88.4 Å². The van der Waals surface area contributed by atoms with Crippen LogP contribution in [0.3, 0.4) is 0 Å². The molecule has 166 valence electrons. The fourth-order valence-corrected chi connectivity index (χ4v) is 3.54. The van der Waals surface area contributed by atoms with Gasteiger partial charge < -0.3 is 19.8 Å². The van der Waals surface area contributed by atoms with Crippen LogP contribution in [0.25, 0.3) is 22.1 Å². The smallest absolute Gasteiger partial charge is 0.291 e. The number of anilines is 1. The van der Waals surface area contributed by atoms with Crippen molar-refractivity contribution >= 4 is 34.8 Å². The van der Waals surface area contributed by atoms with Crippen LogP contribution in [0.2, 0.25) is 0 Å². The highest BCUT2D eigenvalue weighted by Crippen LogP contribution is 2.23. The molecule has 0 aliphatic heterocycles. The van der Waals surface area contributed by atoms with E-state index in [0.717, 1.165) is 22.8 Å². The minimum Gasteiger partial charge on any atom is -0.451 e. The summed E-state index contributed by atoms with van der Waals surface area (Å²) in [7, 11) is 0. The molecule has 33 heavy (non-hydrogen) atoms. The fourth-order valence-electron chi connectivity index (χ4n) is 3.54. The number of fused-ring (bicyclic) bond motifs is 1. The van der Waals surface area contributed by atoms with Crippen molar-refractivity contribution < 1.29 is 18.8 Å². The normalized spacial score (nSPS) is 11.7. The van der Waals surface area contributed by atoms with E-state index in [0.29, 0.717) is 29.7 Å². The summed E-state index contributed by atoms with van der Waals surface area (Å²) in [4.78, 5) is 35.3. The van der Waals surface area contributed by atoms with Crippen LogP contribution in [-0.4, -0.2) is 24.1 Å². The van der Waals surface area contributed by atoms with Crippen molar-refractivity contribution in [1.82, 2.24) is 5.32 Å². The Hall–Kier alpha value is -4.19. The van der Waals surface area contributed by atoms with Gasteiger partial charge in [-0.05, 0) is 60.9 Å². The summed E-state index contributed by atoms with van der Waals surface area (Å²) in [6.45, 7) is 1.88. The van der Waals surface area contributed by atoms with E-state index in [1.54, 1.807) is 18.2 Å². The van der Waals surface area contributed by atoms with Crippen molar-refractivity contribution in [2.24, 2.45) is 0 Å². The lowest BCUT2D eigenvalue weighted by Gasteiger charge is -2.12. The van der Waals surface area contributed by atoms with Crippen LogP contribution in [0.4, 0.5) is 5.69 Å². The molecular formula is C27H24N2O4. The van der Waals surface area contributed by atoms with Crippen molar-refractivity contribution in [1.29, 1.82) is 0 Å². The SMILES string of the molecule is C[C@H](CCC=O)NC(=O)c1ccc(-c2ccc(NC(=O)c3cc4ccccc4o3)cc2)cc1. The van der Waals surface area contributed by atoms with Gasteiger partial charge in [-0.2, -0.15) is 0 Å². The molecule has 0 saturated heterocycles. The monoisotopic (exact) mass is 440 g/mol. The Bertz CT molecular complexity index is 1240. The number of amides is 2. The Morgan fingerprint density at radius 3 is 2.24 bits per heavy atom. The van der Waals surface area contributed by atoms with E-state index in [9.17, 15) is 14.4 Å². The van der Waals surface area contributed by atoms with Crippen LogP contribution in [0, 0.1) is 0 Å². The highest BCUT2D eigenvalue weighted by Gasteiger charge is 2.13. The quantitative estimate of drug-likeness (QED) is 0.357. The maximum absolute atomic E-state index is 12.5. The number of aldehydes is 1. The molecule has 6 heteroatoms. The second-order valence-electron chi connectivity index (χ2n) is 7.88. The number of nitrogens with one attached hydrogen (secondary N) is 2. The van der Waals surface area contributed by atoms with Gasteiger partial charge in [-0.25, -0.2) is 0 Å². The minimum atomic E-state index is -0.309. The number of rotatable bonds is 8. The van der Waals surface area contributed by atoms with Gasteiger partial charge in [0.05, 0.1) is 0 Å². The van der Waals surface area contributed by atoms with Gasteiger partial charge in [-0.1, -0.05) is 42.5 Å². The molecule has 1 atom stereocenters. The van der Waals surface area contributed by atoms with Gasteiger partial charge in [0.25, 0.3) is 11.8 Å². The summed E-state index contributed by atoms with van der Waals surface area (Å²) in [6, 6.07) is 23.9. The van der Waals surface area contributed by atoms with Gasteiger partial charge in [0.15, 0.2) is 5.76 Å². The van der Waals surface area contributed by atoms with Crippen LogP contribution in [0.15, 0.2) is 83.3 Å². The number of hydrogen-bond donors (Lipinski definition) is 2. The first-order valence-corrected chi connectivity index (χ1v) is 10.8. The third-order valence-corrected chi connectivity index (χ3v) is 5.37. The lowest BCUT2D eigenvalue weighted by molar-refractivity contribution is -0.108. The zero-order chi connectivity index (χ0) is 23.2. The van der Waals surface area contributed by atoms with Crippen molar-refractivity contribution in [2.75, 3.05) is 5.32 Å². The van der Waals surface area contributed by atoms with Crippen molar-refractivity contribution in [2.45, 2.75) is 25.8 Å². The highest BCUT2D eigenvalue weighted by atomic mass is 16.3. The van der Waals surface area contributed by atoms with E-state index in [1.165, 1.54) is 0 Å². The first-order valence-electron chi connectivity index (χ1n) is 10.8. The molecule has 0 aliphatic carbocycles. The lowest BCUT2D eigenvalue weighted by Crippen LogP contribution is -2.32. The Morgan fingerprint density at radius 1 is 0.909 bits per heavy atom. The summed E-state index contributed by atoms with van der Waals surface area (Å²) < 4.78 is 5.61.